The number of benzene rings is 2. The van der Waals surface area contributed by atoms with Crippen LogP contribution in [0.2, 0.25) is 0 Å². The number of hydrogen-bond acceptors (Lipinski definition) is 7. The van der Waals surface area contributed by atoms with Crippen LogP contribution in [0.15, 0.2) is 58.1 Å². The predicted molar refractivity (Wildman–Crippen MR) is 126 cm³/mol. The number of rotatable bonds is 8. The minimum Gasteiger partial charge on any atom is -0.497 e. The second-order valence-electron chi connectivity index (χ2n) is 7.95. The van der Waals surface area contributed by atoms with E-state index in [1.165, 1.54) is 31.4 Å². The highest BCUT2D eigenvalue weighted by atomic mass is 19.1. The van der Waals surface area contributed by atoms with Crippen LogP contribution in [-0.4, -0.2) is 71.7 Å². The zero-order chi connectivity index (χ0) is 24.8. The largest absolute Gasteiger partial charge is 0.497 e. The maximum atomic E-state index is 14.5. The zero-order valence-electron chi connectivity index (χ0n) is 19.3. The third-order valence-corrected chi connectivity index (χ3v) is 5.65. The molecule has 0 saturated carbocycles. The van der Waals surface area contributed by atoms with Crippen molar-refractivity contribution in [3.63, 3.8) is 0 Å². The molecular weight excluding hydrogens is 457 g/mol. The van der Waals surface area contributed by atoms with Crippen molar-refractivity contribution in [2.45, 2.75) is 6.54 Å². The van der Waals surface area contributed by atoms with Crippen LogP contribution >= 0.6 is 0 Å². The van der Waals surface area contributed by atoms with Gasteiger partial charge in [-0.25, -0.2) is 9.18 Å². The molecule has 10 nitrogen and oxygen atoms in total. The van der Waals surface area contributed by atoms with Crippen molar-refractivity contribution < 1.29 is 18.7 Å². The van der Waals surface area contributed by atoms with Gasteiger partial charge in [-0.2, -0.15) is 9.78 Å². The summed E-state index contributed by atoms with van der Waals surface area (Å²) in [6.07, 6.45) is 0. The van der Waals surface area contributed by atoms with Gasteiger partial charge in [0.2, 0.25) is 5.69 Å². The van der Waals surface area contributed by atoms with Gasteiger partial charge in [0, 0.05) is 26.2 Å². The number of hydrogen-bond donors (Lipinski definition) is 1. The normalized spacial score (nSPS) is 14.0. The monoisotopic (exact) mass is 483 g/mol. The summed E-state index contributed by atoms with van der Waals surface area (Å²) in [6, 6.07) is 12.3. The summed E-state index contributed by atoms with van der Waals surface area (Å²) in [5.74, 6) is -0.916. The fourth-order valence-electron chi connectivity index (χ4n) is 3.77. The van der Waals surface area contributed by atoms with Crippen molar-refractivity contribution in [2.24, 2.45) is 0 Å². The van der Waals surface area contributed by atoms with Gasteiger partial charge in [-0.1, -0.05) is 24.3 Å². The molecule has 11 heteroatoms. The number of halogens is 1. The Kier molecular flexibility index (Phi) is 7.68. The lowest BCUT2D eigenvalue weighted by Gasteiger charge is -2.26. The van der Waals surface area contributed by atoms with Crippen molar-refractivity contribution in [1.82, 2.24) is 24.6 Å². The second kappa shape index (κ2) is 11.1. The smallest absolute Gasteiger partial charge is 0.352 e. The number of morpholine rings is 1. The molecular formula is C24H26FN5O5. The van der Waals surface area contributed by atoms with Crippen molar-refractivity contribution >= 4 is 5.91 Å². The van der Waals surface area contributed by atoms with Gasteiger partial charge in [0.1, 0.15) is 17.3 Å². The number of methoxy groups -OCH3 is 1. The molecule has 1 aliphatic heterocycles. The van der Waals surface area contributed by atoms with Gasteiger partial charge in [0.05, 0.1) is 26.9 Å². The van der Waals surface area contributed by atoms with Crippen LogP contribution in [0.1, 0.15) is 16.1 Å². The Bertz CT molecular complexity index is 1320. The molecule has 0 atom stereocenters. The molecule has 1 N–H and O–H groups in total. The van der Waals surface area contributed by atoms with Gasteiger partial charge in [-0.15, -0.1) is 0 Å². The van der Waals surface area contributed by atoms with Crippen LogP contribution in [0.3, 0.4) is 0 Å². The summed E-state index contributed by atoms with van der Waals surface area (Å²) in [6.45, 7) is 3.43. The molecule has 0 unspecified atom stereocenters. The van der Waals surface area contributed by atoms with Crippen LogP contribution in [-0.2, 0) is 11.3 Å². The van der Waals surface area contributed by atoms with E-state index in [4.69, 9.17) is 9.47 Å². The first-order chi connectivity index (χ1) is 17.0. The van der Waals surface area contributed by atoms with Crippen LogP contribution in [0.4, 0.5) is 4.39 Å². The van der Waals surface area contributed by atoms with Crippen molar-refractivity contribution in [1.29, 1.82) is 0 Å². The average molecular weight is 484 g/mol. The van der Waals surface area contributed by atoms with E-state index in [0.29, 0.717) is 31.1 Å². The van der Waals surface area contributed by atoms with Gasteiger partial charge in [0.15, 0.2) is 0 Å². The Hall–Kier alpha value is -3.83. The summed E-state index contributed by atoms with van der Waals surface area (Å²) in [7, 11) is 1.50. The zero-order valence-corrected chi connectivity index (χ0v) is 19.3. The lowest BCUT2D eigenvalue weighted by atomic mass is 10.2. The van der Waals surface area contributed by atoms with E-state index in [1.54, 1.807) is 24.3 Å². The molecule has 4 rings (SSSR count). The molecule has 3 aromatic rings. The summed E-state index contributed by atoms with van der Waals surface area (Å²) in [5, 5.41) is 6.65. The number of carbonyl (C=O) groups is 1. The summed E-state index contributed by atoms with van der Waals surface area (Å²) < 4.78 is 26.7. The minimum absolute atomic E-state index is 0.153. The van der Waals surface area contributed by atoms with Crippen LogP contribution in [0.25, 0.3) is 5.69 Å². The van der Waals surface area contributed by atoms with E-state index in [2.05, 4.69) is 15.3 Å². The highest BCUT2D eigenvalue weighted by Gasteiger charge is 2.22. The Morgan fingerprint density at radius 2 is 1.91 bits per heavy atom. The van der Waals surface area contributed by atoms with Gasteiger partial charge in [-0.05, 0) is 29.8 Å². The molecule has 1 saturated heterocycles. The first-order valence-electron chi connectivity index (χ1n) is 11.2. The predicted octanol–water partition coefficient (Wildman–Crippen LogP) is 0.652. The van der Waals surface area contributed by atoms with Crippen molar-refractivity contribution in [3.05, 3.63) is 86.4 Å². The number of para-hydroxylation sites is 1. The molecule has 1 aliphatic rings. The average Bonchev–Trinajstić information content (AvgIpc) is 2.88. The third kappa shape index (κ3) is 5.64. The van der Waals surface area contributed by atoms with Gasteiger partial charge >= 0.3 is 5.69 Å². The second-order valence-corrected chi connectivity index (χ2v) is 7.95. The number of nitrogens with zero attached hydrogens (tertiary/aromatic N) is 4. The first kappa shape index (κ1) is 24.3. The molecule has 1 aromatic heterocycles. The maximum Gasteiger partial charge on any atom is 0.352 e. The first-order valence-corrected chi connectivity index (χ1v) is 11.2. The number of ether oxygens (including phenoxy) is 2. The molecule has 2 aromatic carbocycles. The van der Waals surface area contributed by atoms with Crippen LogP contribution < -0.4 is 21.3 Å². The standard InChI is InChI=1S/C24H26FN5O5/c1-34-18-6-4-5-17(15-18)16-29-23(32)21(22(31)26-9-10-28-11-13-35-14-12-28)27-30(24(29)33)20-8-3-2-7-19(20)25/h2-8,15H,9-14,16H2,1H3,(H,26,31). The number of carbonyl (C=O) groups excluding carboxylic acids is 1. The van der Waals surface area contributed by atoms with E-state index in [-0.39, 0.29) is 18.8 Å². The molecule has 35 heavy (non-hydrogen) atoms. The highest BCUT2D eigenvalue weighted by molar-refractivity contribution is 5.91. The molecule has 0 spiro atoms. The Morgan fingerprint density at radius 3 is 2.66 bits per heavy atom. The highest BCUT2D eigenvalue weighted by Crippen LogP contribution is 2.13. The minimum atomic E-state index is -0.868. The van der Waals surface area contributed by atoms with E-state index >= 15 is 0 Å². The number of aromatic nitrogens is 3. The van der Waals surface area contributed by atoms with Crippen molar-refractivity contribution in [2.75, 3.05) is 46.5 Å². The topological polar surface area (TPSA) is 108 Å². The van der Waals surface area contributed by atoms with E-state index in [1.807, 2.05) is 0 Å². The Labute approximate surface area is 200 Å². The Balaban J connectivity index is 1.69. The summed E-state index contributed by atoms with van der Waals surface area (Å²) in [4.78, 5) is 41.5. The van der Waals surface area contributed by atoms with Gasteiger partial charge < -0.3 is 14.8 Å². The lowest BCUT2D eigenvalue weighted by molar-refractivity contribution is 0.0383. The van der Waals surface area contributed by atoms with Crippen molar-refractivity contribution in [3.8, 4) is 11.4 Å². The van der Waals surface area contributed by atoms with Gasteiger partial charge in [-0.3, -0.25) is 19.1 Å². The van der Waals surface area contributed by atoms with Crippen LogP contribution in [0, 0.1) is 5.82 Å². The molecule has 0 bridgehead atoms. The molecule has 0 radical (unpaired) electrons. The summed E-state index contributed by atoms with van der Waals surface area (Å²) in [5.41, 5.74) is -1.81. The van der Waals surface area contributed by atoms with Crippen LogP contribution in [0.5, 0.6) is 5.75 Å². The molecule has 2 heterocycles. The number of nitrogens with one attached hydrogen (secondary N) is 1. The maximum absolute atomic E-state index is 14.5. The SMILES string of the molecule is COc1cccc(Cn2c(=O)c(C(=O)NCCN3CCOCC3)nn(-c3ccccc3F)c2=O)c1. The lowest BCUT2D eigenvalue weighted by Crippen LogP contribution is -2.47. The fourth-order valence-corrected chi connectivity index (χ4v) is 3.77. The fraction of sp³-hybridized carbons (Fsp3) is 0.333. The molecule has 0 aliphatic carbocycles. The molecule has 1 fully saturated rings. The van der Waals surface area contributed by atoms with E-state index < -0.39 is 28.7 Å². The van der Waals surface area contributed by atoms with Gasteiger partial charge in [0.25, 0.3) is 11.5 Å². The summed E-state index contributed by atoms with van der Waals surface area (Å²) >= 11 is 0. The Morgan fingerprint density at radius 1 is 1.14 bits per heavy atom. The number of amides is 1. The van der Waals surface area contributed by atoms with E-state index in [0.717, 1.165) is 22.3 Å². The van der Waals surface area contributed by atoms with E-state index in [9.17, 15) is 18.8 Å². The molecule has 184 valence electrons. The molecule has 1 amide bonds. The quantitative estimate of drug-likeness (QED) is 0.501. The third-order valence-electron chi connectivity index (χ3n) is 5.65.